The average molecular weight is 505 g/mol. The molecule has 1 aromatic rings. The van der Waals surface area contributed by atoms with Gasteiger partial charge in [-0.3, -0.25) is 19.3 Å². The van der Waals surface area contributed by atoms with Crippen LogP contribution < -0.4 is 16.1 Å². The van der Waals surface area contributed by atoms with Crippen LogP contribution in [0.25, 0.3) is 0 Å². The lowest BCUT2D eigenvalue weighted by Gasteiger charge is -2.24. The highest BCUT2D eigenvalue weighted by atomic mass is 16.6. The highest BCUT2D eigenvalue weighted by molar-refractivity contribution is 6.64. The molecule has 2 amide bonds. The quantitative estimate of drug-likeness (QED) is 0.368. The summed E-state index contributed by atoms with van der Waals surface area (Å²) >= 11 is 0. The van der Waals surface area contributed by atoms with Crippen molar-refractivity contribution in [2.75, 3.05) is 27.2 Å². The fourth-order valence-corrected chi connectivity index (χ4v) is 3.23. The second-order valence-electron chi connectivity index (χ2n) is 9.38. The van der Waals surface area contributed by atoms with E-state index in [1.54, 1.807) is 52.1 Å². The van der Waals surface area contributed by atoms with Crippen molar-refractivity contribution in [1.29, 1.82) is 0 Å². The predicted molar refractivity (Wildman–Crippen MR) is 128 cm³/mol. The van der Waals surface area contributed by atoms with Crippen LogP contribution in [0.4, 0.5) is 4.79 Å². The van der Waals surface area contributed by atoms with Gasteiger partial charge in [0, 0.05) is 11.9 Å². The van der Waals surface area contributed by atoms with Gasteiger partial charge in [0.25, 0.3) is 0 Å². The fourth-order valence-electron chi connectivity index (χ4n) is 3.23. The highest BCUT2D eigenvalue weighted by Gasteiger charge is 2.34. The monoisotopic (exact) mass is 505 g/mol. The number of hydrogen-bond acceptors (Lipinski definition) is 10. The van der Waals surface area contributed by atoms with Crippen molar-refractivity contribution in [2.24, 2.45) is 0 Å². The molecule has 1 aliphatic heterocycles. The van der Waals surface area contributed by atoms with Crippen LogP contribution in [0.2, 0.25) is 0 Å². The zero-order valence-electron chi connectivity index (χ0n) is 21.3. The van der Waals surface area contributed by atoms with Gasteiger partial charge in [-0.1, -0.05) is 24.3 Å². The van der Waals surface area contributed by atoms with E-state index in [0.29, 0.717) is 11.0 Å². The molecule has 0 spiro atoms. The van der Waals surface area contributed by atoms with E-state index in [-0.39, 0.29) is 19.5 Å². The minimum atomic E-state index is -1.20. The first-order valence-electron chi connectivity index (χ1n) is 11.3. The second-order valence-corrected chi connectivity index (χ2v) is 9.38. The van der Waals surface area contributed by atoms with Gasteiger partial charge in [-0.05, 0) is 40.3 Å². The number of carbonyl (C=O) groups is 5. The molecule has 2 N–H and O–H groups in total. The van der Waals surface area contributed by atoms with Crippen LogP contribution in [0.5, 0.6) is 0 Å². The first kappa shape index (κ1) is 28.6. The zero-order chi connectivity index (χ0) is 27.0. The van der Waals surface area contributed by atoms with Crippen LogP contribution in [-0.2, 0) is 44.4 Å². The molecular weight excluding hydrogens is 473 g/mol. The largest absolute Gasteiger partial charge is 0.636 e. The molecule has 1 saturated heterocycles. The summed E-state index contributed by atoms with van der Waals surface area (Å²) in [5.41, 5.74) is 0.266. The molecule has 1 aromatic carbocycles. The number of ether oxygens (including phenoxy) is 2. The van der Waals surface area contributed by atoms with Crippen molar-refractivity contribution < 1.29 is 42.8 Å². The molecule has 0 unspecified atom stereocenters. The molecule has 13 heteroatoms. The summed E-state index contributed by atoms with van der Waals surface area (Å²) < 4.78 is 20.4. The number of rotatable bonds is 7. The van der Waals surface area contributed by atoms with E-state index < -0.39 is 54.7 Å². The van der Waals surface area contributed by atoms with Gasteiger partial charge in [0.1, 0.15) is 17.7 Å². The van der Waals surface area contributed by atoms with Gasteiger partial charge in [-0.25, -0.2) is 9.59 Å². The van der Waals surface area contributed by atoms with Crippen LogP contribution in [0, 0.1) is 0 Å². The number of amides is 2. The Hall–Kier alpha value is -3.61. The first-order valence-corrected chi connectivity index (χ1v) is 11.3. The smallest absolute Gasteiger partial charge is 0.494 e. The molecular formula is C23H32BN3O9. The van der Waals surface area contributed by atoms with Crippen molar-refractivity contribution in [3.63, 3.8) is 0 Å². The third kappa shape index (κ3) is 9.21. The Morgan fingerprint density at radius 3 is 2.11 bits per heavy atom. The molecule has 0 saturated carbocycles. The number of nitrogens with zero attached hydrogens (tertiary/aromatic N) is 1. The van der Waals surface area contributed by atoms with Crippen LogP contribution in [0.3, 0.4) is 0 Å². The summed E-state index contributed by atoms with van der Waals surface area (Å²) in [6.07, 6.45) is -0.753. The van der Waals surface area contributed by atoms with Crippen LogP contribution in [0.1, 0.15) is 33.3 Å². The first-order chi connectivity index (χ1) is 16.8. The molecule has 0 bridgehead atoms. The van der Waals surface area contributed by atoms with Crippen molar-refractivity contribution >= 4 is 42.5 Å². The number of carbonyl (C=O) groups excluding carboxylic acids is 5. The zero-order valence-corrected chi connectivity index (χ0v) is 21.3. The molecule has 1 aliphatic rings. The molecule has 196 valence electrons. The number of alkyl carbamates (subject to hydrolysis) is 1. The SMILES string of the molecule is COC(=O)[C@H](C)NC(=O)[C@H](Cc1ccc(B2OC(=O)CN(C)CC(=O)O2)cc1)NC(=O)OC(C)(C)C. The number of likely N-dealkylation sites (N-methyl/N-ethyl adjacent to an activating group) is 1. The van der Waals surface area contributed by atoms with E-state index >= 15 is 0 Å². The van der Waals surface area contributed by atoms with E-state index in [1.165, 1.54) is 18.9 Å². The maximum atomic E-state index is 12.9. The summed E-state index contributed by atoms with van der Waals surface area (Å²) in [4.78, 5) is 62.4. The highest BCUT2D eigenvalue weighted by Crippen LogP contribution is 2.10. The summed E-state index contributed by atoms with van der Waals surface area (Å²) in [6.45, 7) is 6.41. The van der Waals surface area contributed by atoms with E-state index in [0.717, 1.165) is 0 Å². The Morgan fingerprint density at radius 2 is 1.61 bits per heavy atom. The lowest BCUT2D eigenvalue weighted by atomic mass is 9.78. The molecule has 2 rings (SSSR count). The summed E-state index contributed by atoms with van der Waals surface area (Å²) in [5.74, 6) is -2.35. The fraction of sp³-hybridized carbons (Fsp3) is 0.522. The van der Waals surface area contributed by atoms with Crippen molar-refractivity contribution in [3.05, 3.63) is 29.8 Å². The standard InChI is InChI=1S/C23H32BN3O9/c1-14(21(31)33-6)25-20(30)17(26-22(32)34-23(2,3)4)11-15-7-9-16(10-8-15)24-35-18(28)12-27(5)13-19(29)36-24/h7-10,14,17H,11-13H2,1-6H3,(H,25,30)(H,26,32)/t14-,17-/m0/s1. The molecule has 1 heterocycles. The molecule has 0 aromatic heterocycles. The maximum Gasteiger partial charge on any atom is 0.636 e. The summed E-state index contributed by atoms with van der Waals surface area (Å²) in [5, 5.41) is 5.03. The molecule has 0 radical (unpaired) electrons. The van der Waals surface area contributed by atoms with E-state index in [1.807, 2.05) is 0 Å². The summed E-state index contributed by atoms with van der Waals surface area (Å²) in [6, 6.07) is 4.45. The molecule has 36 heavy (non-hydrogen) atoms. The number of hydrogen-bond donors (Lipinski definition) is 2. The average Bonchev–Trinajstić information content (AvgIpc) is 2.75. The van der Waals surface area contributed by atoms with E-state index in [4.69, 9.17) is 14.0 Å². The lowest BCUT2D eigenvalue weighted by molar-refractivity contribution is -0.145. The minimum absolute atomic E-state index is 0.0499. The number of benzene rings is 1. The Bertz CT molecular complexity index is 958. The van der Waals surface area contributed by atoms with Gasteiger partial charge in [0.2, 0.25) is 5.91 Å². The van der Waals surface area contributed by atoms with Gasteiger partial charge in [-0.15, -0.1) is 0 Å². The summed E-state index contributed by atoms with van der Waals surface area (Å²) in [7, 11) is 1.60. The maximum absolute atomic E-state index is 12.9. The lowest BCUT2D eigenvalue weighted by Crippen LogP contribution is -2.52. The third-order valence-electron chi connectivity index (χ3n) is 4.89. The Balaban J connectivity index is 2.17. The van der Waals surface area contributed by atoms with Gasteiger partial charge in [0.15, 0.2) is 0 Å². The molecule has 1 fully saturated rings. The normalized spacial score (nSPS) is 16.4. The molecule has 2 atom stereocenters. The number of esters is 1. The third-order valence-corrected chi connectivity index (χ3v) is 4.89. The minimum Gasteiger partial charge on any atom is -0.494 e. The Kier molecular flexibility index (Phi) is 9.85. The Labute approximate surface area is 210 Å². The van der Waals surface area contributed by atoms with E-state index in [9.17, 15) is 24.0 Å². The van der Waals surface area contributed by atoms with Crippen LogP contribution >= 0.6 is 0 Å². The van der Waals surface area contributed by atoms with Crippen molar-refractivity contribution in [3.8, 4) is 0 Å². The van der Waals surface area contributed by atoms with Gasteiger partial charge < -0.3 is 29.4 Å². The molecule has 0 aliphatic carbocycles. The van der Waals surface area contributed by atoms with Gasteiger partial charge >= 0.3 is 31.1 Å². The van der Waals surface area contributed by atoms with Gasteiger partial charge in [0.05, 0.1) is 20.2 Å². The second kappa shape index (κ2) is 12.4. The number of nitrogens with one attached hydrogen (secondary N) is 2. The topological polar surface area (TPSA) is 150 Å². The molecule has 12 nitrogen and oxygen atoms in total. The van der Waals surface area contributed by atoms with E-state index in [2.05, 4.69) is 15.4 Å². The van der Waals surface area contributed by atoms with Crippen LogP contribution in [-0.4, -0.2) is 86.9 Å². The Morgan fingerprint density at radius 1 is 1.06 bits per heavy atom. The van der Waals surface area contributed by atoms with Crippen molar-refractivity contribution in [2.45, 2.75) is 51.8 Å². The van der Waals surface area contributed by atoms with Crippen molar-refractivity contribution in [1.82, 2.24) is 15.5 Å². The number of methoxy groups -OCH3 is 1. The van der Waals surface area contributed by atoms with Gasteiger partial charge in [-0.2, -0.15) is 0 Å². The van der Waals surface area contributed by atoms with Crippen LogP contribution in [0.15, 0.2) is 24.3 Å². The predicted octanol–water partition coefficient (Wildman–Crippen LogP) is -0.473.